The van der Waals surface area contributed by atoms with Crippen molar-refractivity contribution in [2.75, 3.05) is 6.61 Å². The minimum absolute atomic E-state index is 0.0139. The SMILES string of the molecule is O=C(N[C@H](Cc1ccccc1)C(=O)OC[C@@H]1O[C@@H](O)[C@@H](O)[C@H](O)[C@@H]1O)OCc1ccccc1. The van der Waals surface area contributed by atoms with Crippen LogP contribution in [0.2, 0.25) is 0 Å². The summed E-state index contributed by atoms with van der Waals surface area (Å²) < 4.78 is 15.4. The highest BCUT2D eigenvalue weighted by molar-refractivity contribution is 5.81. The number of carbonyl (C=O) groups is 2. The van der Waals surface area contributed by atoms with Gasteiger partial charge in [0, 0.05) is 6.42 Å². The van der Waals surface area contributed by atoms with Crippen LogP contribution in [0.25, 0.3) is 0 Å². The number of alkyl carbamates (subject to hydrolysis) is 1. The van der Waals surface area contributed by atoms with Gasteiger partial charge in [-0.2, -0.15) is 0 Å². The fourth-order valence-electron chi connectivity index (χ4n) is 3.28. The second kappa shape index (κ2) is 11.7. The molecular formula is C23H27NO9. The monoisotopic (exact) mass is 461 g/mol. The van der Waals surface area contributed by atoms with Gasteiger partial charge in [0.2, 0.25) is 0 Å². The number of aliphatic hydroxyl groups is 4. The largest absolute Gasteiger partial charge is 0.461 e. The average molecular weight is 461 g/mol. The van der Waals surface area contributed by atoms with Crippen LogP contribution in [0, 0.1) is 0 Å². The molecule has 1 amide bonds. The second-order valence-electron chi connectivity index (χ2n) is 7.62. The number of amides is 1. The highest BCUT2D eigenvalue weighted by Gasteiger charge is 2.43. The number of aliphatic hydroxyl groups excluding tert-OH is 4. The van der Waals surface area contributed by atoms with E-state index in [2.05, 4.69) is 5.32 Å². The van der Waals surface area contributed by atoms with Crippen LogP contribution in [0.1, 0.15) is 11.1 Å². The molecule has 0 aliphatic carbocycles. The first-order chi connectivity index (χ1) is 15.8. The maximum Gasteiger partial charge on any atom is 0.408 e. The number of rotatable bonds is 8. The Kier molecular flexibility index (Phi) is 8.75. The van der Waals surface area contributed by atoms with Crippen LogP contribution >= 0.6 is 0 Å². The first-order valence-corrected chi connectivity index (χ1v) is 10.4. The van der Waals surface area contributed by atoms with E-state index in [1.54, 1.807) is 48.5 Å². The summed E-state index contributed by atoms with van der Waals surface area (Å²) >= 11 is 0. The molecule has 10 heteroatoms. The minimum Gasteiger partial charge on any atom is -0.461 e. The van der Waals surface area contributed by atoms with Crippen LogP contribution in [0.5, 0.6) is 0 Å². The molecule has 10 nitrogen and oxygen atoms in total. The fraction of sp³-hybridized carbons (Fsp3) is 0.391. The van der Waals surface area contributed by atoms with Gasteiger partial charge in [-0.3, -0.25) is 0 Å². The Hall–Kier alpha value is -3.02. The van der Waals surface area contributed by atoms with Gasteiger partial charge in [0.25, 0.3) is 0 Å². The molecule has 1 saturated heterocycles. The molecular weight excluding hydrogens is 434 g/mol. The van der Waals surface area contributed by atoms with Crippen molar-refractivity contribution in [3.63, 3.8) is 0 Å². The van der Waals surface area contributed by atoms with Crippen LogP contribution < -0.4 is 5.32 Å². The zero-order valence-corrected chi connectivity index (χ0v) is 17.7. The molecule has 2 aromatic rings. The highest BCUT2D eigenvalue weighted by Crippen LogP contribution is 2.20. The molecule has 0 radical (unpaired) electrons. The van der Waals surface area contributed by atoms with E-state index in [0.717, 1.165) is 11.1 Å². The lowest BCUT2D eigenvalue weighted by atomic mass is 9.99. The number of hydrogen-bond donors (Lipinski definition) is 5. The van der Waals surface area contributed by atoms with Crippen LogP contribution in [0.3, 0.4) is 0 Å². The van der Waals surface area contributed by atoms with Crippen molar-refractivity contribution in [3.8, 4) is 0 Å². The Morgan fingerprint density at radius 2 is 1.45 bits per heavy atom. The summed E-state index contributed by atoms with van der Waals surface area (Å²) in [6.45, 7) is -0.507. The molecule has 3 rings (SSSR count). The predicted octanol–water partition coefficient (Wildman–Crippen LogP) is -0.133. The van der Waals surface area contributed by atoms with Crippen LogP contribution in [-0.4, -0.2) is 75.8 Å². The van der Waals surface area contributed by atoms with Crippen molar-refractivity contribution in [3.05, 3.63) is 71.8 Å². The number of carbonyl (C=O) groups excluding carboxylic acids is 2. The van der Waals surface area contributed by atoms with Crippen LogP contribution in [0.4, 0.5) is 4.79 Å². The van der Waals surface area contributed by atoms with Crippen molar-refractivity contribution in [2.24, 2.45) is 0 Å². The molecule has 1 aliphatic rings. The van der Waals surface area contributed by atoms with Gasteiger partial charge in [-0.15, -0.1) is 0 Å². The molecule has 0 spiro atoms. The van der Waals surface area contributed by atoms with Gasteiger partial charge in [0.1, 0.15) is 43.7 Å². The first kappa shape index (κ1) is 24.6. The van der Waals surface area contributed by atoms with Gasteiger partial charge >= 0.3 is 12.1 Å². The first-order valence-electron chi connectivity index (χ1n) is 10.4. The molecule has 1 heterocycles. The molecule has 1 aliphatic heterocycles. The lowest BCUT2D eigenvalue weighted by Crippen LogP contribution is -2.59. The Morgan fingerprint density at radius 1 is 0.848 bits per heavy atom. The van der Waals surface area contributed by atoms with Crippen LogP contribution in [0.15, 0.2) is 60.7 Å². The summed E-state index contributed by atoms with van der Waals surface area (Å²) in [5.74, 6) is -0.832. The maximum absolute atomic E-state index is 12.7. The van der Waals surface area contributed by atoms with E-state index in [9.17, 15) is 30.0 Å². The zero-order valence-electron chi connectivity index (χ0n) is 17.7. The van der Waals surface area contributed by atoms with Crippen molar-refractivity contribution in [1.82, 2.24) is 5.32 Å². The van der Waals surface area contributed by atoms with E-state index in [-0.39, 0.29) is 13.0 Å². The van der Waals surface area contributed by atoms with Crippen molar-refractivity contribution < 1.29 is 44.2 Å². The van der Waals surface area contributed by atoms with Crippen molar-refractivity contribution >= 4 is 12.1 Å². The molecule has 5 N–H and O–H groups in total. The topological polar surface area (TPSA) is 155 Å². The number of nitrogens with one attached hydrogen (secondary N) is 1. The molecule has 33 heavy (non-hydrogen) atoms. The van der Waals surface area contributed by atoms with Gasteiger partial charge in [0.05, 0.1) is 0 Å². The molecule has 0 saturated carbocycles. The van der Waals surface area contributed by atoms with E-state index in [0.29, 0.717) is 0 Å². The average Bonchev–Trinajstić information content (AvgIpc) is 2.83. The molecule has 0 aromatic heterocycles. The van der Waals surface area contributed by atoms with E-state index in [1.807, 2.05) is 12.1 Å². The molecule has 0 unspecified atom stereocenters. The predicted molar refractivity (Wildman–Crippen MR) is 114 cm³/mol. The summed E-state index contributed by atoms with van der Waals surface area (Å²) in [4.78, 5) is 25.0. The number of benzene rings is 2. The highest BCUT2D eigenvalue weighted by atomic mass is 16.7. The Labute approximate surface area is 190 Å². The third-order valence-electron chi connectivity index (χ3n) is 5.15. The van der Waals surface area contributed by atoms with E-state index < -0.39 is 55.4 Å². The fourth-order valence-corrected chi connectivity index (χ4v) is 3.28. The summed E-state index contributed by atoms with van der Waals surface area (Å²) in [7, 11) is 0. The van der Waals surface area contributed by atoms with Gasteiger partial charge in [-0.1, -0.05) is 60.7 Å². The summed E-state index contributed by atoms with van der Waals surface area (Å²) in [5, 5.41) is 41.4. The van der Waals surface area contributed by atoms with Gasteiger partial charge in [-0.05, 0) is 11.1 Å². The summed E-state index contributed by atoms with van der Waals surface area (Å²) in [5.41, 5.74) is 1.53. The number of hydrogen-bond acceptors (Lipinski definition) is 9. The van der Waals surface area contributed by atoms with Gasteiger partial charge in [0.15, 0.2) is 6.29 Å². The molecule has 0 bridgehead atoms. The molecule has 6 atom stereocenters. The third kappa shape index (κ3) is 6.98. The summed E-state index contributed by atoms with van der Waals surface area (Å²) in [6, 6.07) is 16.8. The maximum atomic E-state index is 12.7. The normalized spacial score (nSPS) is 25.6. The third-order valence-corrected chi connectivity index (χ3v) is 5.15. The summed E-state index contributed by atoms with van der Waals surface area (Å²) in [6.07, 6.45) is -8.70. The lowest BCUT2D eigenvalue weighted by molar-refractivity contribution is -0.287. The lowest BCUT2D eigenvalue weighted by Gasteiger charge is -2.38. The van der Waals surface area contributed by atoms with E-state index in [1.165, 1.54) is 0 Å². The molecule has 2 aromatic carbocycles. The van der Waals surface area contributed by atoms with Gasteiger partial charge in [-0.25, -0.2) is 9.59 Å². The molecule has 178 valence electrons. The van der Waals surface area contributed by atoms with Crippen molar-refractivity contribution in [1.29, 1.82) is 0 Å². The smallest absolute Gasteiger partial charge is 0.408 e. The minimum atomic E-state index is -1.75. The second-order valence-corrected chi connectivity index (χ2v) is 7.62. The van der Waals surface area contributed by atoms with E-state index >= 15 is 0 Å². The quantitative estimate of drug-likeness (QED) is 0.338. The Balaban J connectivity index is 1.60. The Bertz CT molecular complexity index is 895. The number of ether oxygens (including phenoxy) is 3. The molecule has 1 fully saturated rings. The zero-order chi connectivity index (χ0) is 23.8. The number of esters is 1. The Morgan fingerprint density at radius 3 is 2.09 bits per heavy atom. The van der Waals surface area contributed by atoms with E-state index in [4.69, 9.17) is 14.2 Å². The standard InChI is InChI=1S/C23H27NO9/c25-18-17(33-22(29)20(27)19(18)26)13-31-21(28)16(11-14-7-3-1-4-8-14)24-23(30)32-12-15-9-5-2-6-10-15/h1-10,16-20,22,25-27,29H,11-13H2,(H,24,30)/t16-,17+,18-,19-,20+,22-/m1/s1. The van der Waals surface area contributed by atoms with Crippen molar-refractivity contribution in [2.45, 2.75) is 49.8 Å². The van der Waals surface area contributed by atoms with Gasteiger partial charge < -0.3 is 40.0 Å². The van der Waals surface area contributed by atoms with Crippen LogP contribution in [-0.2, 0) is 32.0 Å².